The lowest BCUT2D eigenvalue weighted by molar-refractivity contribution is -0.140. The molecule has 5 heteroatoms. The number of hydrogen-bond donors (Lipinski definition) is 1. The molecule has 2 aliphatic rings. The first-order valence-electron chi connectivity index (χ1n) is 7.99. The second-order valence-corrected chi connectivity index (χ2v) is 6.78. The van der Waals surface area contributed by atoms with E-state index in [1.165, 1.54) is 0 Å². The van der Waals surface area contributed by atoms with Crippen LogP contribution in [0.25, 0.3) is 0 Å². The van der Waals surface area contributed by atoms with Gasteiger partial charge < -0.3 is 15.4 Å². The van der Waals surface area contributed by atoms with Gasteiger partial charge in [0, 0.05) is 31.3 Å². The van der Waals surface area contributed by atoms with Crippen molar-refractivity contribution in [2.45, 2.75) is 24.7 Å². The van der Waals surface area contributed by atoms with Crippen molar-refractivity contribution in [2.75, 3.05) is 32.8 Å². The smallest absolute Gasteiger partial charge is 0.233 e. The van der Waals surface area contributed by atoms with Gasteiger partial charge in [0.05, 0.1) is 5.41 Å². The first kappa shape index (κ1) is 15.8. The van der Waals surface area contributed by atoms with Crippen LogP contribution in [0.4, 0.5) is 0 Å². The Morgan fingerprint density at radius 1 is 1.41 bits per heavy atom. The topological polar surface area (TPSA) is 55.6 Å². The molecule has 0 spiro atoms. The third-order valence-electron chi connectivity index (χ3n) is 5.04. The second-order valence-electron chi connectivity index (χ2n) is 6.35. The summed E-state index contributed by atoms with van der Waals surface area (Å²) in [5.74, 6) is 0.647. The highest BCUT2D eigenvalue weighted by Crippen LogP contribution is 2.38. The van der Waals surface area contributed by atoms with Crippen molar-refractivity contribution in [2.24, 2.45) is 11.7 Å². The summed E-state index contributed by atoms with van der Waals surface area (Å²) >= 11 is 6.16. The van der Waals surface area contributed by atoms with Gasteiger partial charge in [0.2, 0.25) is 5.91 Å². The molecule has 0 saturated carbocycles. The van der Waals surface area contributed by atoms with Crippen LogP contribution in [0.2, 0.25) is 5.02 Å². The van der Waals surface area contributed by atoms with Crippen LogP contribution in [-0.4, -0.2) is 43.7 Å². The highest BCUT2D eigenvalue weighted by molar-refractivity contribution is 6.30. The van der Waals surface area contributed by atoms with E-state index < -0.39 is 5.41 Å². The van der Waals surface area contributed by atoms with Crippen molar-refractivity contribution in [3.63, 3.8) is 0 Å². The molecule has 1 atom stereocenters. The van der Waals surface area contributed by atoms with E-state index in [0.29, 0.717) is 30.7 Å². The molecule has 120 valence electrons. The van der Waals surface area contributed by atoms with E-state index in [-0.39, 0.29) is 5.91 Å². The minimum Gasteiger partial charge on any atom is -0.381 e. The van der Waals surface area contributed by atoms with Crippen molar-refractivity contribution in [1.29, 1.82) is 0 Å². The number of nitrogens with zero attached hydrogens (tertiary/aromatic N) is 1. The number of rotatable bonds is 3. The third-order valence-corrected chi connectivity index (χ3v) is 5.27. The fourth-order valence-electron chi connectivity index (χ4n) is 3.64. The molecule has 2 N–H and O–H groups in total. The molecule has 0 bridgehead atoms. The largest absolute Gasteiger partial charge is 0.381 e. The van der Waals surface area contributed by atoms with E-state index in [2.05, 4.69) is 0 Å². The molecule has 0 unspecified atom stereocenters. The predicted octanol–water partition coefficient (Wildman–Crippen LogP) is 2.20. The number of likely N-dealkylation sites (tertiary alicyclic amines) is 1. The van der Waals surface area contributed by atoms with Crippen molar-refractivity contribution >= 4 is 17.5 Å². The Bertz CT molecular complexity index is 543. The molecular formula is C17H23ClN2O2. The van der Waals surface area contributed by atoms with Gasteiger partial charge in [-0.15, -0.1) is 0 Å². The molecule has 2 aliphatic heterocycles. The maximum atomic E-state index is 13.3. The van der Waals surface area contributed by atoms with Gasteiger partial charge in [0.1, 0.15) is 0 Å². The second kappa shape index (κ2) is 6.57. The highest BCUT2D eigenvalue weighted by atomic mass is 35.5. The lowest BCUT2D eigenvalue weighted by Gasteiger charge is -2.39. The zero-order valence-electron chi connectivity index (χ0n) is 12.8. The Labute approximate surface area is 136 Å². The zero-order valence-corrected chi connectivity index (χ0v) is 13.5. The lowest BCUT2D eigenvalue weighted by Crippen LogP contribution is -2.49. The Balaban J connectivity index is 1.91. The predicted molar refractivity (Wildman–Crippen MR) is 86.9 cm³/mol. The first-order chi connectivity index (χ1) is 10.7. The lowest BCUT2D eigenvalue weighted by atomic mass is 9.73. The Morgan fingerprint density at radius 2 is 2.18 bits per heavy atom. The molecule has 3 rings (SSSR count). The van der Waals surface area contributed by atoms with Crippen LogP contribution >= 0.6 is 11.6 Å². The maximum Gasteiger partial charge on any atom is 0.233 e. The molecule has 1 aromatic carbocycles. The van der Waals surface area contributed by atoms with Crippen LogP contribution in [0.15, 0.2) is 24.3 Å². The zero-order chi connectivity index (χ0) is 15.6. The van der Waals surface area contributed by atoms with Gasteiger partial charge >= 0.3 is 0 Å². The standard InChI is InChI=1S/C17H23ClN2O2/c18-15-3-1-2-14(10-15)17(5-8-22-9-6-17)16(21)20-7-4-13(11-19)12-20/h1-3,10,13H,4-9,11-12,19H2/t13-/m0/s1. The summed E-state index contributed by atoms with van der Waals surface area (Å²) in [7, 11) is 0. The molecular weight excluding hydrogens is 300 g/mol. The number of halogens is 1. The van der Waals surface area contributed by atoms with Gasteiger partial charge in [-0.1, -0.05) is 23.7 Å². The molecule has 1 aromatic rings. The number of carbonyl (C=O) groups excluding carboxylic acids is 1. The Morgan fingerprint density at radius 3 is 2.82 bits per heavy atom. The van der Waals surface area contributed by atoms with Gasteiger partial charge in [-0.25, -0.2) is 0 Å². The van der Waals surface area contributed by atoms with Crippen LogP contribution in [-0.2, 0) is 14.9 Å². The Kier molecular flexibility index (Phi) is 4.71. The van der Waals surface area contributed by atoms with Crippen LogP contribution < -0.4 is 5.73 Å². The summed E-state index contributed by atoms with van der Waals surface area (Å²) in [5.41, 5.74) is 6.29. The average molecular weight is 323 g/mol. The molecule has 0 radical (unpaired) electrons. The number of amides is 1. The van der Waals surface area contributed by atoms with Crippen LogP contribution in [0.1, 0.15) is 24.8 Å². The molecule has 2 heterocycles. The van der Waals surface area contributed by atoms with Crippen molar-refractivity contribution in [1.82, 2.24) is 4.90 Å². The quantitative estimate of drug-likeness (QED) is 0.928. The van der Waals surface area contributed by atoms with Crippen LogP contribution in [0.3, 0.4) is 0 Å². The molecule has 4 nitrogen and oxygen atoms in total. The van der Waals surface area contributed by atoms with Gasteiger partial charge in [-0.3, -0.25) is 4.79 Å². The normalized spacial score (nSPS) is 24.5. The van der Waals surface area contributed by atoms with Crippen molar-refractivity contribution in [3.05, 3.63) is 34.9 Å². The molecule has 1 amide bonds. The molecule has 22 heavy (non-hydrogen) atoms. The van der Waals surface area contributed by atoms with Gasteiger partial charge in [-0.05, 0) is 49.4 Å². The molecule has 2 fully saturated rings. The van der Waals surface area contributed by atoms with Gasteiger partial charge in [0.15, 0.2) is 0 Å². The summed E-state index contributed by atoms with van der Waals surface area (Å²) < 4.78 is 5.51. The number of nitrogens with two attached hydrogens (primary N) is 1. The number of ether oxygens (including phenoxy) is 1. The summed E-state index contributed by atoms with van der Waals surface area (Å²) in [6.45, 7) is 3.47. The monoisotopic (exact) mass is 322 g/mol. The van der Waals surface area contributed by atoms with Crippen LogP contribution in [0.5, 0.6) is 0 Å². The van der Waals surface area contributed by atoms with E-state index in [9.17, 15) is 4.79 Å². The fourth-order valence-corrected chi connectivity index (χ4v) is 3.83. The SMILES string of the molecule is NC[C@@H]1CCN(C(=O)C2(c3cccc(Cl)c3)CCOCC2)C1. The summed E-state index contributed by atoms with van der Waals surface area (Å²) in [4.78, 5) is 15.3. The summed E-state index contributed by atoms with van der Waals surface area (Å²) in [6.07, 6.45) is 2.44. The fraction of sp³-hybridized carbons (Fsp3) is 0.588. The van der Waals surface area contributed by atoms with E-state index in [1.807, 2.05) is 29.2 Å². The minimum atomic E-state index is -0.493. The summed E-state index contributed by atoms with van der Waals surface area (Å²) in [6, 6.07) is 7.73. The summed E-state index contributed by atoms with van der Waals surface area (Å²) in [5, 5.41) is 0.678. The Hall–Kier alpha value is -1.10. The van der Waals surface area contributed by atoms with Crippen molar-refractivity contribution in [3.8, 4) is 0 Å². The number of carbonyl (C=O) groups is 1. The molecule has 2 saturated heterocycles. The average Bonchev–Trinajstić information content (AvgIpc) is 3.04. The first-order valence-corrected chi connectivity index (χ1v) is 8.37. The third kappa shape index (κ3) is 2.87. The van der Waals surface area contributed by atoms with Crippen molar-refractivity contribution < 1.29 is 9.53 Å². The van der Waals surface area contributed by atoms with Gasteiger partial charge in [-0.2, -0.15) is 0 Å². The number of hydrogen-bond acceptors (Lipinski definition) is 3. The molecule has 0 aromatic heterocycles. The van der Waals surface area contributed by atoms with E-state index in [0.717, 1.165) is 37.9 Å². The van der Waals surface area contributed by atoms with E-state index in [4.69, 9.17) is 22.1 Å². The highest BCUT2D eigenvalue weighted by Gasteiger charge is 2.45. The van der Waals surface area contributed by atoms with Crippen LogP contribution in [0, 0.1) is 5.92 Å². The van der Waals surface area contributed by atoms with E-state index >= 15 is 0 Å². The maximum absolute atomic E-state index is 13.3. The van der Waals surface area contributed by atoms with Gasteiger partial charge in [0.25, 0.3) is 0 Å². The number of benzene rings is 1. The van der Waals surface area contributed by atoms with E-state index in [1.54, 1.807) is 0 Å². The minimum absolute atomic E-state index is 0.217. The molecule has 0 aliphatic carbocycles.